The number of anilines is 1. The highest BCUT2D eigenvalue weighted by atomic mass is 16.5. The maximum Gasteiger partial charge on any atom is 0.238 e. The number of amides is 1. The number of nitrogens with one attached hydrogen (secondary N) is 2. The SMILES string of the molecule is COc1ccc(OCCNCC(=O)Nc2cccc(C#N)c2)cc1. The van der Waals surface area contributed by atoms with Crippen molar-refractivity contribution in [2.24, 2.45) is 0 Å². The van der Waals surface area contributed by atoms with Crippen LogP contribution < -0.4 is 20.1 Å². The Labute approximate surface area is 141 Å². The second-order valence-corrected chi connectivity index (χ2v) is 4.94. The fourth-order valence-electron chi connectivity index (χ4n) is 1.99. The number of nitrogens with zero attached hydrogens (tertiary/aromatic N) is 1. The molecule has 0 saturated heterocycles. The minimum absolute atomic E-state index is 0.169. The number of hydrogen-bond acceptors (Lipinski definition) is 5. The molecule has 0 spiro atoms. The molecule has 6 nitrogen and oxygen atoms in total. The summed E-state index contributed by atoms with van der Waals surface area (Å²) in [5.74, 6) is 1.35. The van der Waals surface area contributed by atoms with Crippen molar-refractivity contribution < 1.29 is 14.3 Å². The van der Waals surface area contributed by atoms with E-state index in [1.807, 2.05) is 30.3 Å². The van der Waals surface area contributed by atoms with E-state index in [1.165, 1.54) is 0 Å². The summed E-state index contributed by atoms with van der Waals surface area (Å²) in [6.07, 6.45) is 0. The van der Waals surface area contributed by atoms with Gasteiger partial charge in [-0.1, -0.05) is 6.07 Å². The predicted molar refractivity (Wildman–Crippen MR) is 91.1 cm³/mol. The Bertz CT molecular complexity index is 708. The lowest BCUT2D eigenvalue weighted by Crippen LogP contribution is -2.31. The van der Waals surface area contributed by atoms with Crippen molar-refractivity contribution in [2.75, 3.05) is 32.1 Å². The molecule has 0 atom stereocenters. The number of ether oxygens (including phenoxy) is 2. The number of carbonyl (C=O) groups excluding carboxylic acids is 1. The molecule has 0 aliphatic carbocycles. The number of benzene rings is 2. The van der Waals surface area contributed by atoms with Crippen LogP contribution in [0.2, 0.25) is 0 Å². The highest BCUT2D eigenvalue weighted by Gasteiger charge is 2.02. The van der Waals surface area contributed by atoms with Crippen LogP contribution in [0.25, 0.3) is 0 Å². The number of nitriles is 1. The summed E-state index contributed by atoms with van der Waals surface area (Å²) in [7, 11) is 1.61. The average molecular weight is 325 g/mol. The van der Waals surface area contributed by atoms with Crippen molar-refractivity contribution in [1.82, 2.24) is 5.32 Å². The normalized spacial score (nSPS) is 9.83. The van der Waals surface area contributed by atoms with Gasteiger partial charge in [0.1, 0.15) is 18.1 Å². The Morgan fingerprint density at radius 3 is 2.62 bits per heavy atom. The summed E-state index contributed by atoms with van der Waals surface area (Å²) in [6, 6.07) is 16.1. The Kier molecular flexibility index (Phi) is 6.62. The van der Waals surface area contributed by atoms with Gasteiger partial charge in [0, 0.05) is 12.2 Å². The topological polar surface area (TPSA) is 83.4 Å². The van der Waals surface area contributed by atoms with Crippen LogP contribution in [0, 0.1) is 11.3 Å². The minimum atomic E-state index is -0.172. The maximum absolute atomic E-state index is 11.8. The molecular formula is C18H19N3O3. The molecule has 0 unspecified atom stereocenters. The molecule has 0 heterocycles. The molecule has 0 aliphatic rings. The molecule has 2 N–H and O–H groups in total. The highest BCUT2D eigenvalue weighted by Crippen LogP contribution is 2.16. The monoisotopic (exact) mass is 325 g/mol. The predicted octanol–water partition coefficient (Wildman–Crippen LogP) is 2.17. The Morgan fingerprint density at radius 1 is 1.17 bits per heavy atom. The quantitative estimate of drug-likeness (QED) is 0.727. The third-order valence-electron chi connectivity index (χ3n) is 3.17. The highest BCUT2D eigenvalue weighted by molar-refractivity contribution is 5.92. The first kappa shape index (κ1) is 17.3. The van der Waals surface area contributed by atoms with E-state index < -0.39 is 0 Å². The van der Waals surface area contributed by atoms with Crippen molar-refractivity contribution in [2.45, 2.75) is 0 Å². The van der Waals surface area contributed by atoms with E-state index in [0.29, 0.717) is 24.4 Å². The lowest BCUT2D eigenvalue weighted by atomic mass is 10.2. The molecule has 0 radical (unpaired) electrons. The van der Waals surface area contributed by atoms with Gasteiger partial charge < -0.3 is 20.1 Å². The zero-order chi connectivity index (χ0) is 17.2. The van der Waals surface area contributed by atoms with Crippen LogP contribution in [-0.2, 0) is 4.79 Å². The van der Waals surface area contributed by atoms with E-state index in [2.05, 4.69) is 10.6 Å². The van der Waals surface area contributed by atoms with Crippen LogP contribution >= 0.6 is 0 Å². The lowest BCUT2D eigenvalue weighted by molar-refractivity contribution is -0.115. The Hall–Kier alpha value is -3.04. The van der Waals surface area contributed by atoms with Gasteiger partial charge in [-0.15, -0.1) is 0 Å². The van der Waals surface area contributed by atoms with E-state index in [9.17, 15) is 4.79 Å². The van der Waals surface area contributed by atoms with Gasteiger partial charge >= 0.3 is 0 Å². The van der Waals surface area contributed by atoms with E-state index in [0.717, 1.165) is 11.5 Å². The maximum atomic E-state index is 11.8. The number of carbonyl (C=O) groups is 1. The minimum Gasteiger partial charge on any atom is -0.497 e. The standard InChI is InChI=1S/C18H19N3O3/c1-23-16-5-7-17(8-6-16)24-10-9-20-13-18(22)21-15-4-2-3-14(11-15)12-19/h2-8,11,20H,9-10,13H2,1H3,(H,21,22). The number of rotatable bonds is 8. The molecule has 124 valence electrons. The van der Waals surface area contributed by atoms with E-state index >= 15 is 0 Å². The molecule has 1 amide bonds. The van der Waals surface area contributed by atoms with Gasteiger partial charge in [-0.3, -0.25) is 4.79 Å². The molecule has 2 aromatic rings. The Morgan fingerprint density at radius 2 is 1.92 bits per heavy atom. The van der Waals surface area contributed by atoms with Crippen LogP contribution in [0.5, 0.6) is 11.5 Å². The molecule has 0 aliphatic heterocycles. The molecule has 0 aromatic heterocycles. The molecule has 2 aromatic carbocycles. The van der Waals surface area contributed by atoms with Crippen LogP contribution in [0.1, 0.15) is 5.56 Å². The second kappa shape index (κ2) is 9.18. The van der Waals surface area contributed by atoms with Gasteiger partial charge in [-0.2, -0.15) is 5.26 Å². The van der Waals surface area contributed by atoms with Gasteiger partial charge in [0.2, 0.25) is 5.91 Å². The number of hydrogen-bond donors (Lipinski definition) is 2. The first-order valence-corrected chi connectivity index (χ1v) is 7.49. The zero-order valence-corrected chi connectivity index (χ0v) is 13.4. The van der Waals surface area contributed by atoms with Gasteiger partial charge in [0.25, 0.3) is 0 Å². The third kappa shape index (κ3) is 5.63. The summed E-state index contributed by atoms with van der Waals surface area (Å²) in [6.45, 7) is 1.16. The van der Waals surface area contributed by atoms with Crippen molar-refractivity contribution in [3.05, 3.63) is 54.1 Å². The van der Waals surface area contributed by atoms with E-state index in [-0.39, 0.29) is 12.5 Å². The third-order valence-corrected chi connectivity index (χ3v) is 3.17. The largest absolute Gasteiger partial charge is 0.497 e. The van der Waals surface area contributed by atoms with Crippen molar-refractivity contribution in [1.29, 1.82) is 5.26 Å². The second-order valence-electron chi connectivity index (χ2n) is 4.94. The first-order valence-electron chi connectivity index (χ1n) is 7.49. The molecule has 0 bridgehead atoms. The molecular weight excluding hydrogens is 306 g/mol. The fourth-order valence-corrected chi connectivity index (χ4v) is 1.99. The van der Waals surface area contributed by atoms with Crippen molar-refractivity contribution in [3.63, 3.8) is 0 Å². The summed E-state index contributed by atoms with van der Waals surface area (Å²) < 4.78 is 10.6. The van der Waals surface area contributed by atoms with Crippen LogP contribution in [0.4, 0.5) is 5.69 Å². The van der Waals surface area contributed by atoms with Crippen LogP contribution in [-0.4, -0.2) is 32.7 Å². The molecule has 2 rings (SSSR count). The van der Waals surface area contributed by atoms with Crippen LogP contribution in [0.15, 0.2) is 48.5 Å². The fraction of sp³-hybridized carbons (Fsp3) is 0.222. The summed E-state index contributed by atoms with van der Waals surface area (Å²) in [4.78, 5) is 11.8. The first-order chi connectivity index (χ1) is 11.7. The van der Waals surface area contributed by atoms with Crippen molar-refractivity contribution >= 4 is 11.6 Å². The van der Waals surface area contributed by atoms with Gasteiger partial charge in [-0.05, 0) is 42.5 Å². The Balaban J connectivity index is 1.64. The lowest BCUT2D eigenvalue weighted by Gasteiger charge is -2.09. The van der Waals surface area contributed by atoms with Crippen LogP contribution in [0.3, 0.4) is 0 Å². The molecule has 24 heavy (non-hydrogen) atoms. The molecule has 0 fully saturated rings. The van der Waals surface area contributed by atoms with Crippen molar-refractivity contribution in [3.8, 4) is 17.6 Å². The summed E-state index contributed by atoms with van der Waals surface area (Å²) >= 11 is 0. The van der Waals surface area contributed by atoms with Gasteiger partial charge in [0.15, 0.2) is 0 Å². The smallest absolute Gasteiger partial charge is 0.238 e. The van der Waals surface area contributed by atoms with E-state index in [1.54, 1.807) is 31.4 Å². The number of methoxy groups -OCH3 is 1. The zero-order valence-electron chi connectivity index (χ0n) is 13.4. The molecule has 6 heteroatoms. The summed E-state index contributed by atoms with van der Waals surface area (Å²) in [5, 5.41) is 14.6. The average Bonchev–Trinajstić information content (AvgIpc) is 2.62. The van der Waals surface area contributed by atoms with E-state index in [4.69, 9.17) is 14.7 Å². The molecule has 0 saturated carbocycles. The van der Waals surface area contributed by atoms with Gasteiger partial charge in [-0.25, -0.2) is 0 Å². The van der Waals surface area contributed by atoms with Gasteiger partial charge in [0.05, 0.1) is 25.3 Å². The summed E-state index contributed by atoms with van der Waals surface area (Å²) in [5.41, 5.74) is 1.11.